The van der Waals surface area contributed by atoms with Gasteiger partial charge in [0.25, 0.3) is 0 Å². The first kappa shape index (κ1) is 18.8. The predicted molar refractivity (Wildman–Crippen MR) is 105 cm³/mol. The lowest BCUT2D eigenvalue weighted by Gasteiger charge is -2.06. The Kier molecular flexibility index (Phi) is 8.92. The molecule has 0 saturated carbocycles. The quantitative estimate of drug-likeness (QED) is 0.418. The Balaban J connectivity index is 0.00000242. The summed E-state index contributed by atoms with van der Waals surface area (Å²) in [6, 6.07) is 18.1. The molecule has 5 heteroatoms. The Morgan fingerprint density at radius 1 is 1.00 bits per heavy atom. The second-order valence-electron chi connectivity index (χ2n) is 4.81. The van der Waals surface area contributed by atoms with E-state index in [0.717, 1.165) is 24.4 Å². The molecule has 3 N–H and O–H groups in total. The van der Waals surface area contributed by atoms with E-state index in [9.17, 15) is 0 Å². The number of nitrogens with zero attached hydrogens (tertiary/aromatic N) is 1. The lowest BCUT2D eigenvalue weighted by atomic mass is 10.1. The third-order valence-electron chi connectivity index (χ3n) is 3.13. The lowest BCUT2D eigenvalue weighted by molar-refractivity contribution is 0.844. The molecule has 2 rings (SSSR count). The fourth-order valence-electron chi connectivity index (χ4n) is 2.03. The minimum Gasteiger partial charge on any atom is -0.370 e. The minimum atomic E-state index is 0. The molecule has 0 heterocycles. The zero-order valence-electron chi connectivity index (χ0n) is 12.3. The number of benzene rings is 2. The van der Waals surface area contributed by atoms with Crippen LogP contribution in [0.15, 0.2) is 59.6 Å². The number of nitrogens with two attached hydrogens (primary N) is 1. The summed E-state index contributed by atoms with van der Waals surface area (Å²) >= 11 is 5.94. The molecule has 0 spiro atoms. The normalized spacial score (nSPS) is 10.9. The second kappa shape index (κ2) is 10.5. The van der Waals surface area contributed by atoms with Gasteiger partial charge in [0.15, 0.2) is 5.96 Å². The monoisotopic (exact) mass is 429 g/mol. The van der Waals surface area contributed by atoms with Crippen LogP contribution in [0.5, 0.6) is 0 Å². The molecule has 0 unspecified atom stereocenters. The van der Waals surface area contributed by atoms with Crippen LogP contribution in [0.2, 0.25) is 5.02 Å². The molecule has 2 aromatic carbocycles. The molecule has 0 amide bonds. The first-order valence-electron chi connectivity index (χ1n) is 7.06. The standard InChI is InChI=1S/C17H20ClN3.HI/c18-16-8-4-7-15(13-16)10-12-21-17(19)20-11-9-14-5-2-1-3-6-14;/h1-8,13H,9-12H2,(H3,19,20,21);1H. The fourth-order valence-corrected chi connectivity index (χ4v) is 2.25. The number of hydrogen-bond donors (Lipinski definition) is 2. The van der Waals surface area contributed by atoms with E-state index in [-0.39, 0.29) is 24.0 Å². The van der Waals surface area contributed by atoms with Crippen LogP contribution in [-0.4, -0.2) is 19.0 Å². The highest BCUT2D eigenvalue weighted by molar-refractivity contribution is 14.0. The Morgan fingerprint density at radius 2 is 1.73 bits per heavy atom. The van der Waals surface area contributed by atoms with Crippen LogP contribution in [0.4, 0.5) is 0 Å². The number of guanidine groups is 1. The van der Waals surface area contributed by atoms with E-state index in [4.69, 9.17) is 17.3 Å². The summed E-state index contributed by atoms with van der Waals surface area (Å²) in [6.07, 6.45) is 1.77. The van der Waals surface area contributed by atoms with Crippen molar-refractivity contribution < 1.29 is 0 Å². The molecule has 0 aliphatic rings. The number of halogens is 2. The molecule has 118 valence electrons. The maximum Gasteiger partial charge on any atom is 0.188 e. The smallest absolute Gasteiger partial charge is 0.188 e. The van der Waals surface area contributed by atoms with Crippen LogP contribution >= 0.6 is 35.6 Å². The van der Waals surface area contributed by atoms with Crippen LogP contribution < -0.4 is 11.1 Å². The van der Waals surface area contributed by atoms with E-state index < -0.39 is 0 Å². The van der Waals surface area contributed by atoms with Crippen LogP contribution in [0.1, 0.15) is 11.1 Å². The van der Waals surface area contributed by atoms with Crippen molar-refractivity contribution in [3.05, 3.63) is 70.7 Å². The molecule has 0 aliphatic carbocycles. The fraction of sp³-hybridized carbons (Fsp3) is 0.235. The van der Waals surface area contributed by atoms with Gasteiger partial charge in [-0.1, -0.05) is 54.1 Å². The van der Waals surface area contributed by atoms with Gasteiger partial charge in [-0.3, -0.25) is 4.99 Å². The Bertz CT molecular complexity index is 587. The molecule has 0 aliphatic heterocycles. The molecule has 0 aromatic heterocycles. The van der Waals surface area contributed by atoms with E-state index in [1.807, 2.05) is 36.4 Å². The van der Waals surface area contributed by atoms with Gasteiger partial charge >= 0.3 is 0 Å². The summed E-state index contributed by atoms with van der Waals surface area (Å²) in [5.41, 5.74) is 8.30. The van der Waals surface area contributed by atoms with Crippen molar-refractivity contribution in [1.82, 2.24) is 5.32 Å². The number of aliphatic imine (C=N–C) groups is 1. The average Bonchev–Trinajstić information content (AvgIpc) is 2.48. The van der Waals surface area contributed by atoms with Gasteiger partial charge in [0, 0.05) is 18.1 Å². The van der Waals surface area contributed by atoms with Gasteiger partial charge in [-0.2, -0.15) is 0 Å². The topological polar surface area (TPSA) is 50.4 Å². The molecule has 0 radical (unpaired) electrons. The first-order chi connectivity index (χ1) is 10.2. The van der Waals surface area contributed by atoms with E-state index >= 15 is 0 Å². The van der Waals surface area contributed by atoms with E-state index in [1.165, 1.54) is 11.1 Å². The van der Waals surface area contributed by atoms with E-state index in [2.05, 4.69) is 28.5 Å². The maximum atomic E-state index is 5.94. The van der Waals surface area contributed by atoms with Crippen molar-refractivity contribution in [3.8, 4) is 0 Å². The predicted octanol–water partition coefficient (Wildman–Crippen LogP) is 3.65. The van der Waals surface area contributed by atoms with E-state index in [1.54, 1.807) is 0 Å². The summed E-state index contributed by atoms with van der Waals surface area (Å²) < 4.78 is 0. The van der Waals surface area contributed by atoms with Crippen molar-refractivity contribution in [2.45, 2.75) is 12.8 Å². The molecule has 0 atom stereocenters. The van der Waals surface area contributed by atoms with Gasteiger partial charge in [0.2, 0.25) is 0 Å². The highest BCUT2D eigenvalue weighted by atomic mass is 127. The Hall–Kier alpha value is -1.27. The summed E-state index contributed by atoms with van der Waals surface area (Å²) in [5.74, 6) is 0.493. The van der Waals surface area contributed by atoms with Gasteiger partial charge in [0.05, 0.1) is 0 Å². The summed E-state index contributed by atoms with van der Waals surface area (Å²) in [7, 11) is 0. The van der Waals surface area contributed by atoms with Gasteiger partial charge in [-0.05, 0) is 36.1 Å². The summed E-state index contributed by atoms with van der Waals surface area (Å²) in [4.78, 5) is 4.33. The van der Waals surface area contributed by atoms with Gasteiger partial charge in [-0.15, -0.1) is 24.0 Å². The first-order valence-corrected chi connectivity index (χ1v) is 7.44. The van der Waals surface area contributed by atoms with Crippen molar-refractivity contribution in [2.24, 2.45) is 10.7 Å². The lowest BCUT2D eigenvalue weighted by Crippen LogP contribution is -2.33. The van der Waals surface area contributed by atoms with E-state index in [0.29, 0.717) is 12.5 Å². The van der Waals surface area contributed by atoms with Crippen molar-refractivity contribution in [3.63, 3.8) is 0 Å². The molecule has 2 aromatic rings. The number of rotatable bonds is 6. The highest BCUT2D eigenvalue weighted by Gasteiger charge is 1.96. The van der Waals surface area contributed by atoms with Crippen molar-refractivity contribution >= 4 is 41.5 Å². The van der Waals surface area contributed by atoms with Gasteiger partial charge < -0.3 is 11.1 Å². The van der Waals surface area contributed by atoms with Gasteiger partial charge in [0.1, 0.15) is 0 Å². The zero-order chi connectivity index (χ0) is 14.9. The average molecular weight is 430 g/mol. The molecule has 0 bridgehead atoms. The van der Waals surface area contributed by atoms with Crippen LogP contribution in [-0.2, 0) is 12.8 Å². The van der Waals surface area contributed by atoms with Crippen LogP contribution in [0, 0.1) is 0 Å². The Labute approximate surface area is 154 Å². The van der Waals surface area contributed by atoms with Crippen molar-refractivity contribution in [1.29, 1.82) is 0 Å². The molecular formula is C17H21ClIN3. The molecule has 0 fully saturated rings. The third-order valence-corrected chi connectivity index (χ3v) is 3.37. The number of nitrogens with one attached hydrogen (secondary N) is 1. The van der Waals surface area contributed by atoms with Crippen molar-refractivity contribution in [2.75, 3.05) is 13.1 Å². The second-order valence-corrected chi connectivity index (χ2v) is 5.25. The van der Waals surface area contributed by atoms with Crippen LogP contribution in [0.3, 0.4) is 0 Å². The minimum absolute atomic E-state index is 0. The largest absolute Gasteiger partial charge is 0.370 e. The molecule has 3 nitrogen and oxygen atoms in total. The SMILES string of the molecule is I.NC(=NCCc1ccccc1)NCCc1cccc(Cl)c1. The molecule has 22 heavy (non-hydrogen) atoms. The third kappa shape index (κ3) is 7.13. The Morgan fingerprint density at radius 3 is 2.45 bits per heavy atom. The number of hydrogen-bond acceptors (Lipinski definition) is 1. The zero-order valence-corrected chi connectivity index (χ0v) is 15.4. The molecular weight excluding hydrogens is 409 g/mol. The summed E-state index contributed by atoms with van der Waals surface area (Å²) in [6.45, 7) is 1.45. The highest BCUT2D eigenvalue weighted by Crippen LogP contribution is 2.10. The maximum absolute atomic E-state index is 5.94. The summed E-state index contributed by atoms with van der Waals surface area (Å²) in [5, 5.41) is 3.88. The van der Waals surface area contributed by atoms with Crippen LogP contribution in [0.25, 0.3) is 0 Å². The van der Waals surface area contributed by atoms with Gasteiger partial charge in [-0.25, -0.2) is 0 Å². The molecule has 0 saturated heterocycles.